The zero-order valence-electron chi connectivity index (χ0n) is 16.2. The summed E-state index contributed by atoms with van der Waals surface area (Å²) in [7, 11) is 0. The van der Waals surface area contributed by atoms with Crippen molar-refractivity contribution in [1.82, 2.24) is 14.8 Å². The van der Waals surface area contributed by atoms with Crippen molar-refractivity contribution < 1.29 is 9.59 Å². The molecular weight excluding hydrogens is 354 g/mol. The molecule has 3 rings (SSSR count). The predicted octanol–water partition coefficient (Wildman–Crippen LogP) is 3.49. The average Bonchev–Trinajstić information content (AvgIpc) is 3.09. The Morgan fingerprint density at radius 2 is 1.50 bits per heavy atom. The summed E-state index contributed by atoms with van der Waals surface area (Å²) in [5.74, 6) is -0.349. The monoisotopic (exact) mass is 375 g/mol. The predicted molar refractivity (Wildman–Crippen MR) is 108 cm³/mol. The molecule has 0 bridgehead atoms. The van der Waals surface area contributed by atoms with Crippen molar-refractivity contribution >= 4 is 23.0 Å². The molecule has 1 N–H and O–H groups in total. The first-order chi connectivity index (χ1) is 13.3. The Hall–Kier alpha value is -3.61. The van der Waals surface area contributed by atoms with E-state index in [0.29, 0.717) is 5.69 Å². The fourth-order valence-corrected chi connectivity index (χ4v) is 2.52. The Morgan fingerprint density at radius 1 is 0.929 bits per heavy atom. The van der Waals surface area contributed by atoms with Gasteiger partial charge >= 0.3 is 0 Å². The van der Waals surface area contributed by atoms with Gasteiger partial charge in [-0.15, -0.1) is 5.10 Å². The molecule has 28 heavy (non-hydrogen) atoms. The van der Waals surface area contributed by atoms with Crippen LogP contribution >= 0.6 is 0 Å². The van der Waals surface area contributed by atoms with Crippen LogP contribution in [0.25, 0.3) is 5.69 Å². The van der Waals surface area contributed by atoms with Gasteiger partial charge in [-0.2, -0.15) is 5.10 Å². The number of carbonyl (C=O) groups is 2. The molecule has 0 aliphatic heterocycles. The third-order valence-electron chi connectivity index (χ3n) is 4.09. The molecule has 0 spiro atoms. The van der Waals surface area contributed by atoms with Gasteiger partial charge in [0.25, 0.3) is 0 Å². The number of hydrogen-bond acceptors (Lipinski definition) is 6. The molecule has 0 aliphatic carbocycles. The summed E-state index contributed by atoms with van der Waals surface area (Å²) in [5.41, 5.74) is 6.58. The van der Waals surface area contributed by atoms with Gasteiger partial charge in [0.15, 0.2) is 23.1 Å². The van der Waals surface area contributed by atoms with Crippen molar-refractivity contribution in [2.45, 2.75) is 27.7 Å². The highest BCUT2D eigenvalue weighted by Gasteiger charge is 2.22. The Balaban J connectivity index is 2.07. The van der Waals surface area contributed by atoms with Crippen molar-refractivity contribution in [1.29, 1.82) is 0 Å². The van der Waals surface area contributed by atoms with Crippen LogP contribution in [0.4, 0.5) is 5.69 Å². The van der Waals surface area contributed by atoms with Gasteiger partial charge in [-0.1, -0.05) is 35.4 Å². The summed E-state index contributed by atoms with van der Waals surface area (Å²) < 4.78 is 1.47. The molecule has 0 aliphatic rings. The number of hydrazone groups is 1. The van der Waals surface area contributed by atoms with E-state index < -0.39 is 0 Å². The second-order valence-corrected chi connectivity index (χ2v) is 6.56. The molecule has 0 saturated heterocycles. The summed E-state index contributed by atoms with van der Waals surface area (Å²) in [6, 6.07) is 15.1. The quantitative estimate of drug-likeness (QED) is 0.405. The van der Waals surface area contributed by atoms with Crippen LogP contribution in [0.15, 0.2) is 53.6 Å². The van der Waals surface area contributed by atoms with Gasteiger partial charge in [-0.05, 0) is 38.1 Å². The third-order valence-corrected chi connectivity index (χ3v) is 4.09. The lowest BCUT2D eigenvalue weighted by Gasteiger charge is -2.08. The van der Waals surface area contributed by atoms with Crippen molar-refractivity contribution in [3.8, 4) is 5.69 Å². The summed E-state index contributed by atoms with van der Waals surface area (Å²) in [6.07, 6.45) is 0. The van der Waals surface area contributed by atoms with Gasteiger partial charge in [-0.3, -0.25) is 15.0 Å². The maximum Gasteiger partial charge on any atom is 0.218 e. The number of aromatic nitrogens is 3. The van der Waals surface area contributed by atoms with Crippen LogP contribution in [0, 0.1) is 13.8 Å². The van der Waals surface area contributed by atoms with Gasteiger partial charge in [0.2, 0.25) is 5.82 Å². The number of nitrogens with one attached hydrogen (secondary N) is 1. The fourth-order valence-electron chi connectivity index (χ4n) is 2.52. The van der Waals surface area contributed by atoms with Gasteiger partial charge in [0.05, 0.1) is 11.4 Å². The molecular formula is C21H21N5O2. The Morgan fingerprint density at radius 3 is 2.04 bits per heavy atom. The third kappa shape index (κ3) is 4.20. The van der Waals surface area contributed by atoms with Crippen LogP contribution in [0.3, 0.4) is 0 Å². The maximum absolute atomic E-state index is 12.3. The number of ketones is 2. The van der Waals surface area contributed by atoms with Crippen molar-refractivity contribution in [2.24, 2.45) is 5.10 Å². The van der Waals surface area contributed by atoms with E-state index in [2.05, 4.69) is 20.6 Å². The van der Waals surface area contributed by atoms with Crippen LogP contribution in [0.1, 0.15) is 41.4 Å². The lowest BCUT2D eigenvalue weighted by molar-refractivity contribution is -0.111. The molecule has 0 unspecified atom stereocenters. The van der Waals surface area contributed by atoms with Crippen LogP contribution in [0.5, 0.6) is 0 Å². The Bertz CT molecular complexity index is 1050. The van der Waals surface area contributed by atoms with Gasteiger partial charge < -0.3 is 0 Å². The SMILES string of the molecule is CC(=O)/C(=N\Nc1ccc(C)cc1)c1nc(C(C)=O)nn1-c1ccc(C)cc1. The number of benzene rings is 2. The van der Waals surface area contributed by atoms with E-state index in [9.17, 15) is 9.59 Å². The van der Waals surface area contributed by atoms with E-state index >= 15 is 0 Å². The first-order valence-corrected chi connectivity index (χ1v) is 8.82. The molecule has 0 amide bonds. The van der Waals surface area contributed by atoms with E-state index in [1.165, 1.54) is 18.5 Å². The zero-order chi connectivity index (χ0) is 20.3. The highest BCUT2D eigenvalue weighted by molar-refractivity contribution is 6.44. The fraction of sp³-hybridized carbons (Fsp3) is 0.190. The second-order valence-electron chi connectivity index (χ2n) is 6.56. The highest BCUT2D eigenvalue weighted by atomic mass is 16.1. The number of Topliss-reactive ketones (excluding diaryl/α,β-unsaturated/α-hetero) is 2. The smallest absolute Gasteiger partial charge is 0.218 e. The average molecular weight is 375 g/mol. The second kappa shape index (κ2) is 7.96. The Labute approximate surface area is 163 Å². The molecule has 3 aromatic rings. The summed E-state index contributed by atoms with van der Waals surface area (Å²) in [4.78, 5) is 28.4. The van der Waals surface area contributed by atoms with Gasteiger partial charge in [0.1, 0.15) is 0 Å². The van der Waals surface area contributed by atoms with Crippen LogP contribution < -0.4 is 5.43 Å². The lowest BCUT2D eigenvalue weighted by atomic mass is 10.2. The summed E-state index contributed by atoms with van der Waals surface area (Å²) in [6.45, 7) is 6.74. The van der Waals surface area contributed by atoms with E-state index in [1.807, 2.05) is 62.4 Å². The number of aryl methyl sites for hydroxylation is 2. The zero-order valence-corrected chi connectivity index (χ0v) is 16.2. The molecule has 142 valence electrons. The van der Waals surface area contributed by atoms with Gasteiger partial charge in [-0.25, -0.2) is 9.67 Å². The van der Waals surface area contributed by atoms with Crippen molar-refractivity contribution in [3.63, 3.8) is 0 Å². The minimum absolute atomic E-state index is 0.0276. The molecule has 7 heteroatoms. The minimum Gasteiger partial charge on any atom is -0.293 e. The van der Waals surface area contributed by atoms with Crippen molar-refractivity contribution in [3.05, 3.63) is 71.3 Å². The normalized spacial score (nSPS) is 11.4. The van der Waals surface area contributed by atoms with E-state index in [4.69, 9.17) is 0 Å². The van der Waals surface area contributed by atoms with Gasteiger partial charge in [0, 0.05) is 13.8 Å². The topological polar surface area (TPSA) is 89.2 Å². The molecule has 0 saturated carbocycles. The molecule has 0 atom stereocenters. The molecule has 1 aromatic heterocycles. The number of hydrogen-bond donors (Lipinski definition) is 1. The Kier molecular flexibility index (Phi) is 5.44. The van der Waals surface area contributed by atoms with Crippen LogP contribution in [-0.4, -0.2) is 32.0 Å². The summed E-state index contributed by atoms with van der Waals surface area (Å²) in [5, 5.41) is 8.53. The van der Waals surface area contributed by atoms with E-state index in [-0.39, 0.29) is 28.9 Å². The van der Waals surface area contributed by atoms with E-state index in [1.54, 1.807) is 0 Å². The molecule has 1 heterocycles. The maximum atomic E-state index is 12.3. The number of nitrogens with zero attached hydrogens (tertiary/aromatic N) is 4. The largest absolute Gasteiger partial charge is 0.293 e. The number of anilines is 1. The number of rotatable bonds is 6. The lowest BCUT2D eigenvalue weighted by Crippen LogP contribution is -2.19. The summed E-state index contributed by atoms with van der Waals surface area (Å²) >= 11 is 0. The van der Waals surface area contributed by atoms with Crippen LogP contribution in [0.2, 0.25) is 0 Å². The van der Waals surface area contributed by atoms with E-state index in [0.717, 1.165) is 16.8 Å². The molecule has 0 radical (unpaired) electrons. The first kappa shape index (κ1) is 19.2. The van der Waals surface area contributed by atoms with Crippen LogP contribution in [-0.2, 0) is 4.79 Å². The molecule has 0 fully saturated rings. The standard InChI is InChI=1S/C21H21N5O2/c1-13-5-9-17(10-6-13)23-24-19(15(3)27)21-22-20(16(4)28)25-26(21)18-11-7-14(2)8-12-18/h5-12,23H,1-4H3/b24-19+. The molecule has 7 nitrogen and oxygen atoms in total. The van der Waals surface area contributed by atoms with Crippen molar-refractivity contribution in [2.75, 3.05) is 5.43 Å². The minimum atomic E-state index is -0.296. The highest BCUT2D eigenvalue weighted by Crippen LogP contribution is 2.14. The first-order valence-electron chi connectivity index (χ1n) is 8.82. The number of carbonyl (C=O) groups excluding carboxylic acids is 2. The molecule has 2 aromatic carbocycles.